The summed E-state index contributed by atoms with van der Waals surface area (Å²) < 4.78 is 0. The Balaban J connectivity index is 1.56. The molecule has 2 heteroatoms. The van der Waals surface area contributed by atoms with E-state index < -0.39 is 0 Å². The van der Waals surface area contributed by atoms with Crippen molar-refractivity contribution >= 4 is 0 Å². The van der Waals surface area contributed by atoms with Gasteiger partial charge in [-0.15, -0.1) is 0 Å². The third-order valence-electron chi connectivity index (χ3n) is 7.10. The molecule has 0 spiro atoms. The summed E-state index contributed by atoms with van der Waals surface area (Å²) in [5, 5.41) is 3.49. The molecule has 0 aromatic heterocycles. The van der Waals surface area contributed by atoms with E-state index in [0.717, 1.165) is 18.4 Å². The Hall–Kier alpha value is -1.70. The van der Waals surface area contributed by atoms with Crippen LogP contribution in [0.3, 0.4) is 0 Å². The van der Waals surface area contributed by atoms with E-state index in [0.29, 0.717) is 12.0 Å². The van der Waals surface area contributed by atoms with Gasteiger partial charge in [-0.2, -0.15) is 0 Å². The average Bonchev–Trinajstić information content (AvgIpc) is 3.43. The first-order chi connectivity index (χ1) is 11.9. The topological polar surface area (TPSA) is 15.3 Å². The van der Waals surface area contributed by atoms with Gasteiger partial charge in [-0.05, 0) is 74.0 Å². The summed E-state index contributed by atoms with van der Waals surface area (Å²) in [6.07, 6.45) is 21.6. The molecule has 1 saturated carbocycles. The van der Waals surface area contributed by atoms with Crippen molar-refractivity contribution < 1.29 is 0 Å². The fourth-order valence-corrected chi connectivity index (χ4v) is 5.93. The molecule has 3 heterocycles. The van der Waals surface area contributed by atoms with Crippen molar-refractivity contribution in [3.8, 4) is 0 Å². The van der Waals surface area contributed by atoms with E-state index in [1.165, 1.54) is 50.6 Å². The van der Waals surface area contributed by atoms with E-state index in [2.05, 4.69) is 40.7 Å². The van der Waals surface area contributed by atoms with Crippen LogP contribution in [-0.2, 0) is 0 Å². The third kappa shape index (κ3) is 1.77. The minimum Gasteiger partial charge on any atom is -0.387 e. The van der Waals surface area contributed by atoms with Crippen LogP contribution in [0.25, 0.3) is 0 Å². The molecule has 3 aliphatic heterocycles. The van der Waals surface area contributed by atoms with E-state index in [4.69, 9.17) is 0 Å². The molecule has 1 N–H and O–H groups in total. The first-order valence-electron chi connectivity index (χ1n) is 9.94. The highest BCUT2D eigenvalue weighted by molar-refractivity contribution is 5.54. The summed E-state index contributed by atoms with van der Waals surface area (Å²) in [6.45, 7) is 0.984. The van der Waals surface area contributed by atoms with Gasteiger partial charge in [0.05, 0.1) is 6.04 Å². The highest BCUT2D eigenvalue weighted by atomic mass is 15.2. The lowest BCUT2D eigenvalue weighted by Crippen LogP contribution is -2.35. The average molecular weight is 318 g/mol. The Kier molecular flexibility index (Phi) is 2.77. The molecule has 6 aliphatic rings. The molecule has 0 aromatic rings. The van der Waals surface area contributed by atoms with E-state index in [1.807, 2.05) is 0 Å². The molecule has 0 radical (unpaired) electrons. The van der Waals surface area contributed by atoms with Crippen LogP contribution in [0.1, 0.15) is 44.9 Å². The molecule has 3 aliphatic carbocycles. The summed E-state index contributed by atoms with van der Waals surface area (Å²) >= 11 is 0. The molecule has 3 atom stereocenters. The summed E-state index contributed by atoms with van der Waals surface area (Å²) in [6, 6.07) is 0.582. The van der Waals surface area contributed by atoms with E-state index in [9.17, 15) is 0 Å². The van der Waals surface area contributed by atoms with Crippen molar-refractivity contribution in [2.24, 2.45) is 17.8 Å². The van der Waals surface area contributed by atoms with Gasteiger partial charge in [-0.1, -0.05) is 18.2 Å². The molecular weight excluding hydrogens is 292 g/mol. The van der Waals surface area contributed by atoms with E-state index >= 15 is 0 Å². The predicted octanol–water partition coefficient (Wildman–Crippen LogP) is 4.41. The maximum atomic E-state index is 3.49. The van der Waals surface area contributed by atoms with Gasteiger partial charge in [0, 0.05) is 35.6 Å². The molecule has 6 rings (SSSR count). The number of fused-ring (bicyclic) bond motifs is 5. The lowest BCUT2D eigenvalue weighted by atomic mass is 9.75. The van der Waals surface area contributed by atoms with Gasteiger partial charge < -0.3 is 10.2 Å². The van der Waals surface area contributed by atoms with Crippen LogP contribution in [0.5, 0.6) is 0 Å². The minimum absolute atomic E-state index is 0.582. The number of rotatable bonds is 1. The molecule has 0 aromatic carbocycles. The van der Waals surface area contributed by atoms with Crippen LogP contribution in [0.2, 0.25) is 0 Å². The van der Waals surface area contributed by atoms with Crippen molar-refractivity contribution in [2.45, 2.75) is 51.0 Å². The van der Waals surface area contributed by atoms with Gasteiger partial charge in [0.15, 0.2) is 0 Å². The highest BCUT2D eigenvalue weighted by Gasteiger charge is 2.49. The Bertz CT molecular complexity index is 744. The van der Waals surface area contributed by atoms with Crippen LogP contribution in [0.15, 0.2) is 58.6 Å². The Labute approximate surface area is 144 Å². The number of allylic oxidation sites excluding steroid dienone is 5. The third-order valence-corrected chi connectivity index (χ3v) is 7.10. The summed E-state index contributed by atoms with van der Waals surface area (Å²) in [7, 11) is 0. The zero-order chi connectivity index (χ0) is 15.7. The van der Waals surface area contributed by atoms with Crippen molar-refractivity contribution in [1.82, 2.24) is 10.2 Å². The summed E-state index contributed by atoms with van der Waals surface area (Å²) in [5.41, 5.74) is 8.23. The maximum Gasteiger partial charge on any atom is 0.0588 e. The Morgan fingerprint density at radius 2 is 2.00 bits per heavy atom. The van der Waals surface area contributed by atoms with Crippen molar-refractivity contribution in [2.75, 3.05) is 6.54 Å². The Morgan fingerprint density at radius 1 is 1.04 bits per heavy atom. The second-order valence-electron chi connectivity index (χ2n) is 8.36. The van der Waals surface area contributed by atoms with Gasteiger partial charge in [0.25, 0.3) is 0 Å². The molecule has 1 saturated heterocycles. The molecule has 2 fully saturated rings. The molecule has 3 unspecified atom stereocenters. The Morgan fingerprint density at radius 3 is 2.92 bits per heavy atom. The largest absolute Gasteiger partial charge is 0.387 e. The smallest absolute Gasteiger partial charge is 0.0588 e. The highest BCUT2D eigenvalue weighted by Crippen LogP contribution is 2.57. The lowest BCUT2D eigenvalue weighted by Gasteiger charge is -2.37. The van der Waals surface area contributed by atoms with Crippen molar-refractivity contribution in [3.05, 3.63) is 58.6 Å². The van der Waals surface area contributed by atoms with Crippen molar-refractivity contribution in [1.29, 1.82) is 0 Å². The van der Waals surface area contributed by atoms with Gasteiger partial charge in [0.2, 0.25) is 0 Å². The van der Waals surface area contributed by atoms with Gasteiger partial charge >= 0.3 is 0 Å². The molecular formula is C22H26N2. The number of nitrogens with zero attached hydrogens (tertiary/aromatic N) is 1. The number of hydrogen-bond acceptors (Lipinski definition) is 2. The maximum absolute atomic E-state index is 3.49. The monoisotopic (exact) mass is 318 g/mol. The second-order valence-corrected chi connectivity index (χ2v) is 8.36. The number of nitrogens with one attached hydrogen (secondary N) is 1. The molecule has 2 nitrogen and oxygen atoms in total. The second kappa shape index (κ2) is 4.91. The normalized spacial score (nSPS) is 36.8. The zero-order valence-corrected chi connectivity index (χ0v) is 14.3. The zero-order valence-electron chi connectivity index (χ0n) is 14.3. The minimum atomic E-state index is 0.582. The first-order valence-corrected chi connectivity index (χ1v) is 9.94. The van der Waals surface area contributed by atoms with Gasteiger partial charge in [-0.25, -0.2) is 0 Å². The van der Waals surface area contributed by atoms with Crippen molar-refractivity contribution in [3.63, 3.8) is 0 Å². The molecule has 0 amide bonds. The fraction of sp³-hybridized carbons (Fsp3) is 0.545. The van der Waals surface area contributed by atoms with Crippen LogP contribution < -0.4 is 5.32 Å². The standard InChI is InChI=1S/C22H26N2/c1-2-4-20-15(3-1)7-8-17-16(14-5-6-14)9-10-18-19-13-23-12-11-21(19)24(20)22(17)18/h1,3,7,11,13-14,16,18,20,23H,2,4-6,8-10,12H2. The fourth-order valence-electron chi connectivity index (χ4n) is 5.93. The van der Waals surface area contributed by atoms with Gasteiger partial charge in [-0.3, -0.25) is 0 Å². The van der Waals surface area contributed by atoms with Crippen LogP contribution >= 0.6 is 0 Å². The molecule has 24 heavy (non-hydrogen) atoms. The summed E-state index contributed by atoms with van der Waals surface area (Å²) in [4.78, 5) is 2.80. The van der Waals surface area contributed by atoms with Crippen LogP contribution in [0, 0.1) is 17.8 Å². The van der Waals surface area contributed by atoms with Crippen LogP contribution in [-0.4, -0.2) is 17.5 Å². The van der Waals surface area contributed by atoms with Gasteiger partial charge in [0.1, 0.15) is 0 Å². The quantitative estimate of drug-likeness (QED) is 0.770. The number of hydrogen-bond donors (Lipinski definition) is 1. The predicted molar refractivity (Wildman–Crippen MR) is 96.8 cm³/mol. The lowest BCUT2D eigenvalue weighted by molar-refractivity contribution is 0.312. The van der Waals surface area contributed by atoms with E-state index in [-0.39, 0.29) is 0 Å². The molecule has 0 bridgehead atoms. The first kappa shape index (κ1) is 13.6. The summed E-state index contributed by atoms with van der Waals surface area (Å²) in [5.74, 6) is 2.52. The molecule has 124 valence electrons. The van der Waals surface area contributed by atoms with E-state index in [1.54, 1.807) is 22.4 Å². The van der Waals surface area contributed by atoms with Crippen LogP contribution in [0.4, 0.5) is 0 Å². The number of dihydropyridines is 1. The SMILES string of the molecule is C1=CC2=CCC3=C4C(CCC3C3CC3)C3=CNCC=C3N4C2CC1.